The van der Waals surface area contributed by atoms with E-state index in [0.29, 0.717) is 72.3 Å². The molecule has 8 N–H and O–H groups in total. The summed E-state index contributed by atoms with van der Waals surface area (Å²) in [5.74, 6) is -3.87. The largest absolute Gasteiger partial charge is 0.507 e. The number of carboxylic acids is 2. The topological polar surface area (TPSA) is 299 Å². The molecule has 6 aromatic carbocycles. The summed E-state index contributed by atoms with van der Waals surface area (Å²) in [6.07, 6.45) is 0. The van der Waals surface area contributed by atoms with E-state index >= 15 is 0 Å². The van der Waals surface area contributed by atoms with Crippen LogP contribution in [-0.2, 0) is 30.2 Å². The van der Waals surface area contributed by atoms with Crippen LogP contribution >= 0.6 is 0 Å². The molecular formula is C51H44N4O14S3. The van der Waals surface area contributed by atoms with Gasteiger partial charge >= 0.3 is 11.9 Å². The second kappa shape index (κ2) is 18.5. The van der Waals surface area contributed by atoms with Gasteiger partial charge in [0.25, 0.3) is 30.2 Å². The zero-order valence-electron chi connectivity index (χ0n) is 39.0. The summed E-state index contributed by atoms with van der Waals surface area (Å²) < 4.78 is 102. The summed E-state index contributed by atoms with van der Waals surface area (Å²) in [7, 11) is -13.8. The lowest BCUT2D eigenvalue weighted by molar-refractivity contribution is 0.0685. The molecular weight excluding hydrogens is 989 g/mol. The van der Waals surface area contributed by atoms with Crippen LogP contribution in [0.25, 0.3) is 33.4 Å². The highest BCUT2D eigenvalue weighted by atomic mass is 32.2. The van der Waals surface area contributed by atoms with E-state index in [1.54, 1.807) is 102 Å². The van der Waals surface area contributed by atoms with Gasteiger partial charge in [-0.2, -0.15) is 8.42 Å². The van der Waals surface area contributed by atoms with E-state index in [4.69, 9.17) is 9.41 Å². The number of phenols is 2. The number of aryl methyl sites for hydroxylation is 4. The summed E-state index contributed by atoms with van der Waals surface area (Å²) in [6.45, 7) is 10.2. The molecule has 72 heavy (non-hydrogen) atoms. The lowest BCUT2D eigenvalue weighted by Crippen LogP contribution is -2.16. The maximum absolute atomic E-state index is 13.7. The minimum Gasteiger partial charge on any atom is -0.507 e. The van der Waals surface area contributed by atoms with Crippen LogP contribution in [0.1, 0.15) is 54.1 Å². The summed E-state index contributed by atoms with van der Waals surface area (Å²) in [5, 5.41) is 44.0. The second-order valence-corrected chi connectivity index (χ2v) is 21.7. The third-order valence-corrected chi connectivity index (χ3v) is 15.7. The predicted octanol–water partition coefficient (Wildman–Crippen LogP) is 9.69. The quantitative estimate of drug-likeness (QED) is 0.0394. The number of carboxylic acid groups (broad SMARTS) is 2. The molecule has 1 aliphatic heterocycles. The number of sulfonamides is 2. The number of hydrogen-bond acceptors (Lipinski definition) is 13. The van der Waals surface area contributed by atoms with Gasteiger partial charge in [-0.25, -0.2) is 31.4 Å². The Labute approximate surface area is 412 Å². The number of rotatable bonds is 13. The highest BCUT2D eigenvalue weighted by Gasteiger charge is 2.27. The molecule has 0 fully saturated rings. The number of nitrogens with zero attached hydrogens (tertiary/aromatic N) is 1. The zero-order valence-corrected chi connectivity index (χ0v) is 41.4. The molecule has 0 saturated carbocycles. The van der Waals surface area contributed by atoms with Crippen molar-refractivity contribution in [2.24, 2.45) is 4.99 Å². The average Bonchev–Trinajstić information content (AvgIpc) is 3.30. The lowest BCUT2D eigenvalue weighted by atomic mass is 9.93. The van der Waals surface area contributed by atoms with Gasteiger partial charge in [0.05, 0.1) is 33.5 Å². The Morgan fingerprint density at radius 3 is 1.67 bits per heavy atom. The fourth-order valence-corrected chi connectivity index (χ4v) is 12.0. The van der Waals surface area contributed by atoms with Gasteiger partial charge in [0.1, 0.15) is 37.5 Å². The molecule has 370 valence electrons. The third kappa shape index (κ3) is 9.52. The van der Waals surface area contributed by atoms with Crippen LogP contribution in [0.5, 0.6) is 11.5 Å². The molecule has 21 heteroatoms. The molecule has 0 radical (unpaired) electrons. The van der Waals surface area contributed by atoms with E-state index in [1.807, 2.05) is 0 Å². The minimum absolute atomic E-state index is 0.133. The van der Waals surface area contributed by atoms with Crippen molar-refractivity contribution in [2.75, 3.05) is 14.8 Å². The van der Waals surface area contributed by atoms with Gasteiger partial charge in [-0.05, 0) is 142 Å². The fourth-order valence-electron chi connectivity index (χ4n) is 8.63. The van der Waals surface area contributed by atoms with E-state index in [1.165, 1.54) is 12.1 Å². The number of fused-ring (bicyclic) bond motifs is 2. The zero-order chi connectivity index (χ0) is 52.4. The van der Waals surface area contributed by atoms with Crippen molar-refractivity contribution in [3.8, 4) is 33.9 Å². The van der Waals surface area contributed by atoms with Gasteiger partial charge in [0, 0.05) is 45.6 Å². The maximum Gasteiger partial charge on any atom is 0.335 e. The number of nitrogens with one attached hydrogen (secondary N) is 3. The summed E-state index contributed by atoms with van der Waals surface area (Å²) >= 11 is 0. The van der Waals surface area contributed by atoms with E-state index in [2.05, 4.69) is 14.8 Å². The fraction of sp³-hybridized carbons (Fsp3) is 0.118. The van der Waals surface area contributed by atoms with Crippen LogP contribution in [0.15, 0.2) is 133 Å². The molecule has 18 nitrogen and oxygen atoms in total. The second-order valence-electron chi connectivity index (χ2n) is 17.0. The third-order valence-electron chi connectivity index (χ3n) is 12.0. The lowest BCUT2D eigenvalue weighted by Gasteiger charge is -2.21. The Bertz CT molecular complexity index is 4020. The number of hydrogen-bond donors (Lipinski definition) is 8. The molecule has 1 aliphatic carbocycles. The van der Waals surface area contributed by atoms with Crippen LogP contribution in [0.3, 0.4) is 0 Å². The first-order valence-electron chi connectivity index (χ1n) is 21.5. The maximum atomic E-state index is 13.7. The molecule has 8 rings (SSSR count). The SMILES string of the molecule is Cc1cc(C)c(NS(=O)(=O)c2cc(C(=O)O)ccc2O)c(C)c1/N=c1/ccc2c(-c3ccccc3S(=O)(=O)O)c3ccc(Nc4c(C)cc(C)c(NS(=O)(=O)c5cc(C(=O)O)ccc5O)c4C)cc3oc-2c1. The van der Waals surface area contributed by atoms with E-state index in [9.17, 15) is 59.8 Å². The monoisotopic (exact) mass is 1030 g/mol. The van der Waals surface area contributed by atoms with E-state index in [-0.39, 0.29) is 44.3 Å². The highest BCUT2D eigenvalue weighted by molar-refractivity contribution is 7.93. The molecule has 0 saturated heterocycles. The Kier molecular flexibility index (Phi) is 12.9. The van der Waals surface area contributed by atoms with Crippen LogP contribution in [-0.4, -0.2) is 62.2 Å². The number of anilines is 4. The summed E-state index contributed by atoms with van der Waals surface area (Å²) in [5.41, 5.74) is 5.29. The van der Waals surface area contributed by atoms with Gasteiger partial charge in [0.2, 0.25) is 0 Å². The predicted molar refractivity (Wildman–Crippen MR) is 270 cm³/mol. The van der Waals surface area contributed by atoms with Crippen molar-refractivity contribution in [3.63, 3.8) is 0 Å². The van der Waals surface area contributed by atoms with Gasteiger partial charge in [-0.15, -0.1) is 0 Å². The Hall–Kier alpha value is -8.24. The van der Waals surface area contributed by atoms with Crippen molar-refractivity contribution >= 4 is 81.5 Å². The number of phenolic OH excluding ortho intramolecular Hbond substituents is 2. The average molecular weight is 1030 g/mol. The molecule has 2 aliphatic rings. The van der Waals surface area contributed by atoms with Crippen LogP contribution in [0, 0.1) is 41.5 Å². The van der Waals surface area contributed by atoms with Gasteiger partial charge in [-0.3, -0.25) is 14.0 Å². The smallest absolute Gasteiger partial charge is 0.335 e. The molecule has 0 aromatic heterocycles. The van der Waals surface area contributed by atoms with Gasteiger partial charge in [-0.1, -0.05) is 30.3 Å². The number of benzene rings is 7. The normalized spacial score (nSPS) is 12.3. The molecule has 0 spiro atoms. The van der Waals surface area contributed by atoms with Gasteiger partial charge < -0.3 is 30.2 Å². The Morgan fingerprint density at radius 1 is 0.556 bits per heavy atom. The molecule has 0 unspecified atom stereocenters. The minimum atomic E-state index is -4.77. The van der Waals surface area contributed by atoms with Crippen molar-refractivity contribution in [1.82, 2.24) is 0 Å². The van der Waals surface area contributed by atoms with Crippen LogP contribution in [0.2, 0.25) is 0 Å². The standard InChI is InChI=1S/C51H44N4O14S3/c1-25-19-27(3)48(54-70(62,63)43-21-31(50(58)59)11-17-38(43)56)29(5)46(25)52-33-13-15-35-40(23-33)69-41-24-34(14-16-36(41)45(35)37-9-7-8-10-42(37)72(66,67)68)53-47-26(2)20-28(4)49(30(47)6)55-71(64,65)44-22-32(51(60)61)12-18-39(44)57/h7-24,52,54-57H,1-6H3,(H,58,59)(H,60,61)(H,66,67,68)/b53-34-. The molecule has 1 heterocycles. The first-order chi connectivity index (χ1) is 33.7. The van der Waals surface area contributed by atoms with Crippen molar-refractivity contribution in [1.29, 1.82) is 0 Å². The van der Waals surface area contributed by atoms with Crippen LogP contribution < -0.4 is 20.1 Å². The van der Waals surface area contributed by atoms with Crippen molar-refractivity contribution < 1.29 is 64.2 Å². The Balaban J connectivity index is 1.26. The molecule has 0 atom stereocenters. The first-order valence-corrected chi connectivity index (χ1v) is 26.0. The van der Waals surface area contributed by atoms with E-state index in [0.717, 1.165) is 36.4 Å². The molecule has 0 amide bonds. The van der Waals surface area contributed by atoms with Gasteiger partial charge in [0.15, 0.2) is 0 Å². The molecule has 0 bridgehead atoms. The van der Waals surface area contributed by atoms with Crippen molar-refractivity contribution in [3.05, 3.63) is 159 Å². The van der Waals surface area contributed by atoms with Crippen LogP contribution in [0.4, 0.5) is 28.4 Å². The summed E-state index contributed by atoms with van der Waals surface area (Å²) in [4.78, 5) is 26.5. The number of aromatic hydroxyl groups is 2. The van der Waals surface area contributed by atoms with E-state index < -0.39 is 63.4 Å². The Morgan fingerprint density at radius 2 is 1.10 bits per heavy atom. The highest BCUT2D eigenvalue weighted by Crippen LogP contribution is 2.44. The summed E-state index contributed by atoms with van der Waals surface area (Å²) in [6, 6.07) is 25.1. The van der Waals surface area contributed by atoms with Crippen molar-refractivity contribution in [2.45, 2.75) is 56.2 Å². The first kappa shape index (κ1) is 50.2. The number of carbonyl (C=O) groups is 2. The number of aromatic carboxylic acids is 2. The molecule has 6 aromatic rings.